The third-order valence-corrected chi connectivity index (χ3v) is 4.92. The minimum absolute atomic E-state index is 0.241. The molecule has 2 heterocycles. The van der Waals surface area contributed by atoms with Gasteiger partial charge in [-0.1, -0.05) is 17.7 Å². The largest absolute Gasteiger partial charge is 0.481 e. The number of aromatic nitrogens is 1. The van der Waals surface area contributed by atoms with E-state index in [0.29, 0.717) is 24.0 Å². The van der Waals surface area contributed by atoms with Crippen molar-refractivity contribution >= 4 is 39.9 Å². The Morgan fingerprint density at radius 2 is 2.11 bits per heavy atom. The van der Waals surface area contributed by atoms with Gasteiger partial charge in [0.1, 0.15) is 11.4 Å². The number of nitrogens with one attached hydrogen (secondary N) is 2. The van der Waals surface area contributed by atoms with Crippen molar-refractivity contribution in [2.24, 2.45) is 0 Å². The molecule has 2 aromatic rings. The Labute approximate surface area is 165 Å². The van der Waals surface area contributed by atoms with Crippen LogP contribution in [-0.2, 0) is 9.53 Å². The summed E-state index contributed by atoms with van der Waals surface area (Å²) in [5, 5.41) is 2.92. The monoisotopic (exact) mass is 410 g/mol. The second-order valence-corrected chi connectivity index (χ2v) is 7.05. The molecule has 1 aromatic heterocycles. The summed E-state index contributed by atoms with van der Waals surface area (Å²) in [6, 6.07) is 6.72. The molecule has 1 fully saturated rings. The molecule has 0 bridgehead atoms. The average molecular weight is 411 g/mol. The highest BCUT2D eigenvalue weighted by molar-refractivity contribution is 7.13. The molecule has 10 heteroatoms. The number of carbonyl (C=O) groups is 2. The van der Waals surface area contributed by atoms with Crippen molar-refractivity contribution in [2.45, 2.75) is 13.0 Å². The first-order valence-electron chi connectivity index (χ1n) is 8.33. The Hall–Kier alpha value is -2.36. The van der Waals surface area contributed by atoms with Crippen molar-refractivity contribution in [3.8, 4) is 5.75 Å². The van der Waals surface area contributed by atoms with Gasteiger partial charge in [0.05, 0.1) is 13.2 Å². The summed E-state index contributed by atoms with van der Waals surface area (Å²) in [4.78, 5) is 30.7. The number of ether oxygens (including phenoxy) is 2. The Kier molecular flexibility index (Phi) is 6.49. The molecule has 1 aromatic carbocycles. The maximum atomic E-state index is 12.2. The first kappa shape index (κ1) is 19.4. The van der Waals surface area contributed by atoms with Gasteiger partial charge in [-0.05, 0) is 25.1 Å². The third-order valence-electron chi connectivity index (χ3n) is 3.78. The molecule has 0 spiro atoms. The van der Waals surface area contributed by atoms with E-state index in [1.165, 1.54) is 11.3 Å². The maximum absolute atomic E-state index is 12.2. The van der Waals surface area contributed by atoms with Gasteiger partial charge in [0, 0.05) is 23.5 Å². The molecule has 1 aliphatic rings. The minimum Gasteiger partial charge on any atom is -0.481 e. The highest BCUT2D eigenvalue weighted by atomic mass is 35.5. The second kappa shape index (κ2) is 9.03. The summed E-state index contributed by atoms with van der Waals surface area (Å²) >= 11 is 7.26. The van der Waals surface area contributed by atoms with E-state index in [0.717, 1.165) is 18.2 Å². The zero-order chi connectivity index (χ0) is 19.2. The third kappa shape index (κ3) is 5.31. The van der Waals surface area contributed by atoms with Crippen LogP contribution in [-0.4, -0.2) is 49.2 Å². The number of hydrogen-bond donors (Lipinski definition) is 2. The number of amides is 2. The van der Waals surface area contributed by atoms with Crippen molar-refractivity contribution in [2.75, 3.05) is 31.2 Å². The molecule has 3 rings (SSSR count). The summed E-state index contributed by atoms with van der Waals surface area (Å²) in [7, 11) is 0. The van der Waals surface area contributed by atoms with E-state index in [1.54, 1.807) is 36.6 Å². The van der Waals surface area contributed by atoms with Crippen molar-refractivity contribution in [1.29, 1.82) is 0 Å². The number of nitrogens with zero attached hydrogens (tertiary/aromatic N) is 2. The van der Waals surface area contributed by atoms with Crippen molar-refractivity contribution in [1.82, 2.24) is 15.8 Å². The van der Waals surface area contributed by atoms with Crippen LogP contribution in [0.2, 0.25) is 5.02 Å². The number of morpholine rings is 1. The van der Waals surface area contributed by atoms with Crippen LogP contribution in [0.25, 0.3) is 0 Å². The lowest BCUT2D eigenvalue weighted by atomic mass is 10.3. The predicted molar refractivity (Wildman–Crippen MR) is 102 cm³/mol. The fourth-order valence-electron chi connectivity index (χ4n) is 2.35. The van der Waals surface area contributed by atoms with E-state index in [4.69, 9.17) is 21.1 Å². The van der Waals surface area contributed by atoms with Gasteiger partial charge in [0.2, 0.25) is 0 Å². The number of rotatable bonds is 5. The van der Waals surface area contributed by atoms with Gasteiger partial charge in [0.25, 0.3) is 11.8 Å². The maximum Gasteiger partial charge on any atom is 0.289 e. The van der Waals surface area contributed by atoms with Gasteiger partial charge >= 0.3 is 0 Å². The number of benzene rings is 1. The standard InChI is InChI=1S/C17H19ClN4O4S/c1-11(26-13-4-2-3-12(18)9-13)15(23)20-21-16(24)14-10-27-17(19-14)22-5-7-25-8-6-22/h2-4,9-11H,5-8H2,1H3,(H,20,23)(H,21,24). The molecule has 0 saturated carbocycles. The Morgan fingerprint density at radius 1 is 1.33 bits per heavy atom. The first-order valence-corrected chi connectivity index (χ1v) is 9.59. The van der Waals surface area contributed by atoms with Crippen LogP contribution in [0, 0.1) is 0 Å². The Balaban J connectivity index is 1.49. The lowest BCUT2D eigenvalue weighted by molar-refractivity contribution is -0.128. The molecule has 1 saturated heterocycles. The summed E-state index contributed by atoms with van der Waals surface area (Å²) in [6.07, 6.45) is -0.817. The fraction of sp³-hybridized carbons (Fsp3) is 0.353. The van der Waals surface area contributed by atoms with E-state index < -0.39 is 17.9 Å². The predicted octanol–water partition coefficient (Wildman–Crippen LogP) is 1.86. The van der Waals surface area contributed by atoms with Crippen LogP contribution >= 0.6 is 22.9 Å². The molecule has 0 radical (unpaired) electrons. The Bertz CT molecular complexity index is 810. The van der Waals surface area contributed by atoms with E-state index in [2.05, 4.69) is 20.7 Å². The SMILES string of the molecule is CC(Oc1cccc(Cl)c1)C(=O)NNC(=O)c1csc(N2CCOCC2)n1. The van der Waals surface area contributed by atoms with Gasteiger partial charge in [-0.15, -0.1) is 11.3 Å². The van der Waals surface area contributed by atoms with Gasteiger partial charge in [0.15, 0.2) is 11.2 Å². The van der Waals surface area contributed by atoms with E-state index in [9.17, 15) is 9.59 Å². The lowest BCUT2D eigenvalue weighted by Gasteiger charge is -2.25. The number of hydrazine groups is 1. The van der Waals surface area contributed by atoms with Crippen LogP contribution in [0.15, 0.2) is 29.6 Å². The van der Waals surface area contributed by atoms with Crippen LogP contribution in [0.1, 0.15) is 17.4 Å². The van der Waals surface area contributed by atoms with Gasteiger partial charge in [-0.25, -0.2) is 4.98 Å². The molecule has 1 aliphatic heterocycles. The molecule has 27 heavy (non-hydrogen) atoms. The number of halogens is 1. The molecule has 2 N–H and O–H groups in total. The van der Waals surface area contributed by atoms with Crippen LogP contribution in [0.5, 0.6) is 5.75 Å². The average Bonchev–Trinajstić information content (AvgIpc) is 3.17. The van der Waals surface area contributed by atoms with Gasteiger partial charge in [-0.3, -0.25) is 20.4 Å². The minimum atomic E-state index is -0.817. The van der Waals surface area contributed by atoms with E-state index in [-0.39, 0.29) is 5.69 Å². The summed E-state index contributed by atoms with van der Waals surface area (Å²) in [5.74, 6) is -0.521. The molecular weight excluding hydrogens is 392 g/mol. The van der Waals surface area contributed by atoms with Crippen molar-refractivity contribution < 1.29 is 19.1 Å². The van der Waals surface area contributed by atoms with E-state index >= 15 is 0 Å². The Morgan fingerprint density at radius 3 is 2.85 bits per heavy atom. The van der Waals surface area contributed by atoms with Gasteiger partial charge in [-0.2, -0.15) is 0 Å². The van der Waals surface area contributed by atoms with Crippen molar-refractivity contribution in [3.05, 3.63) is 40.4 Å². The number of carbonyl (C=O) groups excluding carboxylic acids is 2. The number of thiazole rings is 1. The topological polar surface area (TPSA) is 92.8 Å². The molecule has 144 valence electrons. The van der Waals surface area contributed by atoms with Crippen LogP contribution in [0.3, 0.4) is 0 Å². The quantitative estimate of drug-likeness (QED) is 0.731. The van der Waals surface area contributed by atoms with Crippen molar-refractivity contribution in [3.63, 3.8) is 0 Å². The zero-order valence-electron chi connectivity index (χ0n) is 14.6. The normalized spacial score (nSPS) is 15.1. The highest BCUT2D eigenvalue weighted by Crippen LogP contribution is 2.21. The first-order chi connectivity index (χ1) is 13.0. The molecule has 1 unspecified atom stereocenters. The smallest absolute Gasteiger partial charge is 0.289 e. The van der Waals surface area contributed by atoms with Gasteiger partial charge < -0.3 is 14.4 Å². The molecule has 8 nitrogen and oxygen atoms in total. The van der Waals surface area contributed by atoms with Crippen LogP contribution in [0.4, 0.5) is 5.13 Å². The molecule has 0 aliphatic carbocycles. The lowest BCUT2D eigenvalue weighted by Crippen LogP contribution is -2.47. The molecule has 1 atom stereocenters. The molecular formula is C17H19ClN4O4S. The summed E-state index contributed by atoms with van der Waals surface area (Å²) in [6.45, 7) is 4.33. The van der Waals surface area contributed by atoms with Crippen LogP contribution < -0.4 is 20.5 Å². The second-order valence-electron chi connectivity index (χ2n) is 5.78. The number of hydrogen-bond acceptors (Lipinski definition) is 7. The van der Waals surface area contributed by atoms with E-state index in [1.807, 2.05) is 0 Å². The summed E-state index contributed by atoms with van der Waals surface area (Å²) in [5.41, 5.74) is 4.93. The summed E-state index contributed by atoms with van der Waals surface area (Å²) < 4.78 is 10.8. The highest BCUT2D eigenvalue weighted by Gasteiger charge is 2.19. The number of anilines is 1. The fourth-order valence-corrected chi connectivity index (χ4v) is 3.39. The molecule has 2 amide bonds. The zero-order valence-corrected chi connectivity index (χ0v) is 16.2.